The van der Waals surface area contributed by atoms with Crippen LogP contribution in [0.25, 0.3) is 5.78 Å². The van der Waals surface area contributed by atoms with Crippen LogP contribution in [0.4, 0.5) is 5.69 Å². The number of thioether (sulfide) groups is 1. The van der Waals surface area contributed by atoms with Crippen LogP contribution >= 0.6 is 23.4 Å². The molecule has 0 bridgehead atoms. The zero-order chi connectivity index (χ0) is 18.0. The van der Waals surface area contributed by atoms with Crippen molar-refractivity contribution in [2.45, 2.75) is 19.0 Å². The van der Waals surface area contributed by atoms with Gasteiger partial charge in [0, 0.05) is 16.4 Å². The van der Waals surface area contributed by atoms with Crippen LogP contribution < -0.4 is 5.32 Å². The molecule has 0 saturated heterocycles. The predicted molar refractivity (Wildman–Crippen MR) is 95.8 cm³/mol. The van der Waals surface area contributed by atoms with E-state index in [0.29, 0.717) is 27.2 Å². The molecule has 7 nitrogen and oxygen atoms in total. The molecule has 0 atom stereocenters. The molecular formula is C16H13ClN6OS. The Morgan fingerprint density at radius 1 is 1.36 bits per heavy atom. The van der Waals surface area contributed by atoms with E-state index in [1.54, 1.807) is 22.7 Å². The van der Waals surface area contributed by atoms with Crippen molar-refractivity contribution in [1.82, 2.24) is 19.6 Å². The maximum Gasteiger partial charge on any atom is 0.253 e. The molecule has 2 heterocycles. The molecule has 0 radical (unpaired) electrons. The van der Waals surface area contributed by atoms with E-state index in [1.807, 2.05) is 26.0 Å². The van der Waals surface area contributed by atoms with Gasteiger partial charge >= 0.3 is 0 Å². The van der Waals surface area contributed by atoms with Crippen molar-refractivity contribution in [2.24, 2.45) is 0 Å². The molecule has 3 aromatic rings. The molecule has 0 saturated carbocycles. The minimum atomic E-state index is -0.275. The van der Waals surface area contributed by atoms with E-state index in [0.717, 1.165) is 11.4 Å². The number of benzene rings is 1. The van der Waals surface area contributed by atoms with Crippen LogP contribution in [0.3, 0.4) is 0 Å². The van der Waals surface area contributed by atoms with Gasteiger partial charge < -0.3 is 5.32 Å². The molecule has 1 amide bonds. The number of rotatable bonds is 4. The Morgan fingerprint density at radius 3 is 2.92 bits per heavy atom. The summed E-state index contributed by atoms with van der Waals surface area (Å²) >= 11 is 7.10. The topological polar surface area (TPSA) is 96.0 Å². The fourth-order valence-corrected chi connectivity index (χ4v) is 3.03. The molecule has 1 aromatic carbocycles. The van der Waals surface area contributed by atoms with Crippen LogP contribution in [-0.4, -0.2) is 31.2 Å². The summed E-state index contributed by atoms with van der Waals surface area (Å²) in [6.45, 7) is 3.81. The van der Waals surface area contributed by atoms with Crippen LogP contribution in [0.2, 0.25) is 5.02 Å². The average Bonchev–Trinajstić information content (AvgIpc) is 2.96. The fourth-order valence-electron chi connectivity index (χ4n) is 2.24. The maximum absolute atomic E-state index is 12.1. The van der Waals surface area contributed by atoms with Crippen molar-refractivity contribution < 1.29 is 4.79 Å². The Labute approximate surface area is 153 Å². The highest BCUT2D eigenvalue weighted by atomic mass is 35.5. The summed E-state index contributed by atoms with van der Waals surface area (Å²) < 4.78 is 1.64. The number of hydrogen-bond acceptors (Lipinski definition) is 6. The van der Waals surface area contributed by atoms with Crippen LogP contribution in [0.5, 0.6) is 0 Å². The summed E-state index contributed by atoms with van der Waals surface area (Å²) in [6.07, 6.45) is 0. The number of carbonyl (C=O) groups is 1. The van der Waals surface area contributed by atoms with Gasteiger partial charge in [0.15, 0.2) is 0 Å². The van der Waals surface area contributed by atoms with Crippen molar-refractivity contribution >= 4 is 40.7 Å². The third-order valence-electron chi connectivity index (χ3n) is 3.31. The molecule has 0 aliphatic carbocycles. The average molecular weight is 373 g/mol. The second kappa shape index (κ2) is 7.09. The molecular weight excluding hydrogens is 360 g/mol. The van der Waals surface area contributed by atoms with E-state index in [9.17, 15) is 4.79 Å². The predicted octanol–water partition coefficient (Wildman–Crippen LogP) is 3.00. The number of nitrogens with zero attached hydrogens (tertiary/aromatic N) is 5. The van der Waals surface area contributed by atoms with Crippen LogP contribution in [0, 0.1) is 25.2 Å². The molecule has 1 N–H and O–H groups in total. The lowest BCUT2D eigenvalue weighted by Crippen LogP contribution is -2.15. The lowest BCUT2D eigenvalue weighted by atomic mass is 10.2. The van der Waals surface area contributed by atoms with Gasteiger partial charge in [-0.3, -0.25) is 4.79 Å². The summed E-state index contributed by atoms with van der Waals surface area (Å²) in [7, 11) is 0. The monoisotopic (exact) mass is 372 g/mol. The minimum absolute atomic E-state index is 0.103. The van der Waals surface area contributed by atoms with Gasteiger partial charge in [-0.25, -0.2) is 9.50 Å². The molecule has 0 fully saturated rings. The Bertz CT molecular complexity index is 1010. The number of halogens is 1. The van der Waals surface area contributed by atoms with Crippen molar-refractivity contribution in [3.8, 4) is 6.07 Å². The summed E-state index contributed by atoms with van der Waals surface area (Å²) in [6, 6.07) is 8.63. The second-order valence-corrected chi connectivity index (χ2v) is 6.66. The number of fused-ring (bicyclic) bond motifs is 1. The Hall–Kier alpha value is -2.63. The van der Waals surface area contributed by atoms with Gasteiger partial charge in [0.2, 0.25) is 11.1 Å². The van der Waals surface area contributed by atoms with Gasteiger partial charge in [-0.15, -0.1) is 5.10 Å². The van der Waals surface area contributed by atoms with Crippen molar-refractivity contribution in [3.63, 3.8) is 0 Å². The third-order valence-corrected chi connectivity index (χ3v) is 4.38. The summed E-state index contributed by atoms with van der Waals surface area (Å²) in [5.41, 5.74) is 2.51. The second-order valence-electron chi connectivity index (χ2n) is 5.28. The standard InChI is InChI=1S/C16H13ClN6OS/c1-9-5-10(2)23-15(19-9)21-16(22-23)25-8-14(24)20-13-6-12(17)4-3-11(13)7-18/h3-6H,8H2,1-2H3,(H,20,24). The van der Waals surface area contributed by atoms with E-state index in [1.165, 1.54) is 11.8 Å². The van der Waals surface area contributed by atoms with Crippen LogP contribution in [0.1, 0.15) is 17.0 Å². The molecule has 3 rings (SSSR count). The zero-order valence-corrected chi connectivity index (χ0v) is 15.0. The molecule has 0 unspecified atom stereocenters. The summed E-state index contributed by atoms with van der Waals surface area (Å²) in [5, 5.41) is 17.0. The van der Waals surface area contributed by atoms with E-state index in [-0.39, 0.29) is 11.7 Å². The lowest BCUT2D eigenvalue weighted by molar-refractivity contribution is -0.113. The van der Waals surface area contributed by atoms with Gasteiger partial charge in [0.05, 0.1) is 17.0 Å². The molecule has 0 aliphatic heterocycles. The fraction of sp³-hybridized carbons (Fsp3) is 0.188. The maximum atomic E-state index is 12.1. The zero-order valence-electron chi connectivity index (χ0n) is 13.4. The van der Waals surface area contributed by atoms with Crippen molar-refractivity contribution in [1.29, 1.82) is 5.26 Å². The largest absolute Gasteiger partial charge is 0.324 e. The number of nitrogens with one attached hydrogen (secondary N) is 1. The number of anilines is 1. The Balaban J connectivity index is 1.70. The minimum Gasteiger partial charge on any atom is -0.324 e. The molecule has 126 valence electrons. The summed E-state index contributed by atoms with van der Waals surface area (Å²) in [5.74, 6) is 0.331. The van der Waals surface area contributed by atoms with E-state index >= 15 is 0 Å². The lowest BCUT2D eigenvalue weighted by Gasteiger charge is -2.06. The molecule has 25 heavy (non-hydrogen) atoms. The highest BCUT2D eigenvalue weighted by Gasteiger charge is 2.12. The van der Waals surface area contributed by atoms with Gasteiger partial charge in [-0.2, -0.15) is 10.2 Å². The molecule has 0 aliphatic rings. The number of aryl methyl sites for hydroxylation is 2. The molecule has 0 spiro atoms. The number of hydrogen-bond donors (Lipinski definition) is 1. The first-order valence-corrected chi connectivity index (χ1v) is 8.66. The van der Waals surface area contributed by atoms with Gasteiger partial charge in [-0.1, -0.05) is 23.4 Å². The normalized spacial score (nSPS) is 10.6. The van der Waals surface area contributed by atoms with Crippen LogP contribution in [0.15, 0.2) is 29.4 Å². The third kappa shape index (κ3) is 3.90. The number of nitriles is 1. The quantitative estimate of drug-likeness (QED) is 0.707. The highest BCUT2D eigenvalue weighted by Crippen LogP contribution is 2.21. The van der Waals surface area contributed by atoms with E-state index < -0.39 is 0 Å². The van der Waals surface area contributed by atoms with E-state index in [4.69, 9.17) is 16.9 Å². The van der Waals surface area contributed by atoms with E-state index in [2.05, 4.69) is 20.4 Å². The number of carbonyl (C=O) groups excluding carboxylic acids is 1. The van der Waals surface area contributed by atoms with Crippen molar-refractivity contribution in [2.75, 3.05) is 11.1 Å². The molecule has 2 aromatic heterocycles. The van der Waals surface area contributed by atoms with Crippen molar-refractivity contribution in [3.05, 3.63) is 46.2 Å². The first-order valence-electron chi connectivity index (χ1n) is 7.29. The number of aromatic nitrogens is 4. The molecule has 9 heteroatoms. The number of amides is 1. The van der Waals surface area contributed by atoms with Gasteiger partial charge in [0.25, 0.3) is 5.78 Å². The van der Waals surface area contributed by atoms with Gasteiger partial charge in [-0.05, 0) is 38.1 Å². The SMILES string of the molecule is Cc1cc(C)n2nc(SCC(=O)Nc3cc(Cl)ccc3C#N)nc2n1. The highest BCUT2D eigenvalue weighted by molar-refractivity contribution is 7.99. The summed E-state index contributed by atoms with van der Waals surface area (Å²) in [4.78, 5) is 20.8. The van der Waals surface area contributed by atoms with Crippen LogP contribution in [-0.2, 0) is 4.79 Å². The van der Waals surface area contributed by atoms with Gasteiger partial charge in [0.1, 0.15) is 6.07 Å². The first kappa shape index (κ1) is 17.2. The Morgan fingerprint density at radius 2 is 2.16 bits per heavy atom. The Kier molecular flexibility index (Phi) is 4.88. The first-order chi connectivity index (χ1) is 12.0. The smallest absolute Gasteiger partial charge is 0.253 e.